The van der Waals surface area contributed by atoms with Crippen molar-refractivity contribution in [2.75, 3.05) is 38.2 Å². The van der Waals surface area contributed by atoms with E-state index in [1.165, 1.54) is 11.4 Å². The monoisotopic (exact) mass is 285 g/mol. The zero-order chi connectivity index (χ0) is 14.5. The summed E-state index contributed by atoms with van der Waals surface area (Å²) in [5, 5.41) is 0. The number of aromatic nitrogens is 1. The van der Waals surface area contributed by atoms with E-state index in [-0.39, 0.29) is 0 Å². The van der Waals surface area contributed by atoms with E-state index < -0.39 is 0 Å². The van der Waals surface area contributed by atoms with Gasteiger partial charge in [-0.15, -0.1) is 0 Å². The Morgan fingerprint density at radius 1 is 1.10 bits per heavy atom. The summed E-state index contributed by atoms with van der Waals surface area (Å²) in [5.41, 5.74) is 1.30. The molecule has 2 heterocycles. The van der Waals surface area contributed by atoms with Gasteiger partial charge in [0.05, 0.1) is 13.3 Å². The van der Waals surface area contributed by atoms with Gasteiger partial charge in [0.25, 0.3) is 5.82 Å². The molecule has 0 aliphatic carbocycles. The standard InChI is InChI=1S/C17H21N3O/c1-21-16-7-3-2-6-15(16)14-19-10-12-20(13-11-19)17-8-4-5-9-18-17/h2-9H,10-14H2,1H3/p+2. The van der Waals surface area contributed by atoms with Gasteiger partial charge in [0.1, 0.15) is 38.5 Å². The van der Waals surface area contributed by atoms with E-state index in [9.17, 15) is 0 Å². The van der Waals surface area contributed by atoms with Crippen molar-refractivity contribution in [2.24, 2.45) is 0 Å². The third kappa shape index (κ3) is 3.34. The Labute approximate surface area is 126 Å². The predicted octanol–water partition coefficient (Wildman–Crippen LogP) is 0.414. The molecule has 0 atom stereocenters. The summed E-state index contributed by atoms with van der Waals surface area (Å²) in [5.74, 6) is 2.22. The lowest BCUT2D eigenvalue weighted by Gasteiger charge is -2.28. The molecule has 1 fully saturated rings. The van der Waals surface area contributed by atoms with E-state index in [2.05, 4.69) is 34.1 Å². The van der Waals surface area contributed by atoms with Crippen molar-refractivity contribution in [3.05, 3.63) is 54.2 Å². The van der Waals surface area contributed by atoms with Gasteiger partial charge in [-0.3, -0.25) is 4.90 Å². The molecular weight excluding hydrogens is 262 g/mol. The third-order valence-corrected chi connectivity index (χ3v) is 4.14. The maximum Gasteiger partial charge on any atom is 0.274 e. The van der Waals surface area contributed by atoms with Crippen molar-refractivity contribution in [3.8, 4) is 5.75 Å². The number of ether oxygens (including phenoxy) is 1. The molecule has 0 bridgehead atoms. The first-order valence-electron chi connectivity index (χ1n) is 7.54. The van der Waals surface area contributed by atoms with Gasteiger partial charge in [-0.05, 0) is 18.2 Å². The molecule has 4 nitrogen and oxygen atoms in total. The fourth-order valence-electron chi connectivity index (χ4n) is 2.94. The summed E-state index contributed by atoms with van der Waals surface area (Å²) < 4.78 is 5.45. The van der Waals surface area contributed by atoms with Gasteiger partial charge in [0.15, 0.2) is 0 Å². The minimum atomic E-state index is 1.00. The van der Waals surface area contributed by atoms with Crippen molar-refractivity contribution in [3.63, 3.8) is 0 Å². The Morgan fingerprint density at radius 3 is 2.57 bits per heavy atom. The van der Waals surface area contributed by atoms with Crippen molar-refractivity contribution >= 4 is 5.82 Å². The number of anilines is 1. The molecule has 0 spiro atoms. The van der Waals surface area contributed by atoms with Gasteiger partial charge in [-0.2, -0.15) is 0 Å². The number of methoxy groups -OCH3 is 1. The van der Waals surface area contributed by atoms with Crippen LogP contribution >= 0.6 is 0 Å². The third-order valence-electron chi connectivity index (χ3n) is 4.14. The van der Waals surface area contributed by atoms with Crippen LogP contribution in [0.2, 0.25) is 0 Å². The number of nitrogens with one attached hydrogen (secondary N) is 2. The largest absolute Gasteiger partial charge is 0.496 e. The van der Waals surface area contributed by atoms with Crippen LogP contribution in [0.4, 0.5) is 5.82 Å². The van der Waals surface area contributed by atoms with E-state index in [0.29, 0.717) is 0 Å². The van der Waals surface area contributed by atoms with Gasteiger partial charge in [0, 0.05) is 11.6 Å². The predicted molar refractivity (Wildman–Crippen MR) is 82.6 cm³/mol. The van der Waals surface area contributed by atoms with Crippen LogP contribution in [-0.4, -0.2) is 33.3 Å². The van der Waals surface area contributed by atoms with Crippen LogP contribution in [0.1, 0.15) is 5.56 Å². The Morgan fingerprint density at radius 2 is 1.86 bits per heavy atom. The number of aromatic amines is 1. The molecule has 0 radical (unpaired) electrons. The maximum absolute atomic E-state index is 5.45. The second kappa shape index (κ2) is 6.59. The first kappa shape index (κ1) is 13.9. The van der Waals surface area contributed by atoms with Crippen molar-refractivity contribution in [1.82, 2.24) is 0 Å². The molecular formula is C17H23N3O+2. The Bertz CT molecular complexity index is 565. The highest BCUT2D eigenvalue weighted by molar-refractivity contribution is 5.33. The van der Waals surface area contributed by atoms with E-state index in [1.54, 1.807) is 12.0 Å². The van der Waals surface area contributed by atoms with Crippen LogP contribution < -0.4 is 19.5 Å². The number of quaternary nitrogens is 1. The molecule has 0 unspecified atom stereocenters. The highest BCUT2D eigenvalue weighted by Crippen LogP contribution is 2.16. The molecule has 1 aliphatic rings. The average Bonchev–Trinajstić information content (AvgIpc) is 2.57. The molecule has 0 saturated carbocycles. The fourth-order valence-corrected chi connectivity index (χ4v) is 2.94. The minimum absolute atomic E-state index is 1.00. The van der Waals surface area contributed by atoms with Gasteiger partial charge >= 0.3 is 0 Å². The van der Waals surface area contributed by atoms with Crippen LogP contribution in [0.5, 0.6) is 5.75 Å². The van der Waals surface area contributed by atoms with Crippen LogP contribution in [0.15, 0.2) is 48.7 Å². The summed E-state index contributed by atoms with van der Waals surface area (Å²) in [4.78, 5) is 7.36. The second-order valence-corrected chi connectivity index (χ2v) is 5.47. The minimum Gasteiger partial charge on any atom is -0.496 e. The number of hydrogen-bond acceptors (Lipinski definition) is 2. The van der Waals surface area contributed by atoms with E-state index >= 15 is 0 Å². The molecule has 1 saturated heterocycles. The average molecular weight is 285 g/mol. The maximum atomic E-state index is 5.45. The lowest BCUT2D eigenvalue weighted by molar-refractivity contribution is -0.914. The molecule has 1 aromatic carbocycles. The summed E-state index contributed by atoms with van der Waals surface area (Å²) in [6.45, 7) is 5.52. The molecule has 2 N–H and O–H groups in total. The number of hydrogen-bond donors (Lipinski definition) is 1. The lowest BCUT2D eigenvalue weighted by atomic mass is 10.1. The van der Waals surface area contributed by atoms with Gasteiger partial charge in [-0.1, -0.05) is 18.2 Å². The molecule has 4 heteroatoms. The first-order chi connectivity index (χ1) is 10.4. The SMILES string of the molecule is COc1ccccc1C[NH+]1CCN(c2cccc[nH+]2)CC1. The zero-order valence-electron chi connectivity index (χ0n) is 12.5. The van der Waals surface area contributed by atoms with Crippen LogP contribution in [0.3, 0.4) is 0 Å². The van der Waals surface area contributed by atoms with E-state index in [4.69, 9.17) is 4.74 Å². The Balaban J connectivity index is 1.59. The van der Waals surface area contributed by atoms with Gasteiger partial charge in [0.2, 0.25) is 0 Å². The summed E-state index contributed by atoms with van der Waals surface area (Å²) in [6.07, 6.45) is 1.99. The van der Waals surface area contributed by atoms with Crippen molar-refractivity contribution in [1.29, 1.82) is 0 Å². The summed E-state index contributed by atoms with van der Waals surface area (Å²) in [7, 11) is 1.75. The number of H-pyrrole nitrogens is 1. The number of piperazine rings is 1. The van der Waals surface area contributed by atoms with Gasteiger partial charge < -0.3 is 9.64 Å². The molecule has 0 amide bonds. The van der Waals surface area contributed by atoms with Gasteiger partial charge in [-0.25, -0.2) is 4.98 Å². The summed E-state index contributed by atoms with van der Waals surface area (Å²) in [6, 6.07) is 14.6. The topological polar surface area (TPSA) is 31.1 Å². The quantitative estimate of drug-likeness (QED) is 0.882. The highest BCUT2D eigenvalue weighted by Gasteiger charge is 2.26. The Hall–Kier alpha value is -2.07. The number of para-hydroxylation sites is 1. The molecule has 3 rings (SSSR count). The summed E-state index contributed by atoms with van der Waals surface area (Å²) >= 11 is 0. The molecule has 1 aromatic heterocycles. The number of benzene rings is 1. The highest BCUT2D eigenvalue weighted by atomic mass is 16.5. The normalized spacial score (nSPS) is 16.0. The smallest absolute Gasteiger partial charge is 0.274 e. The number of pyridine rings is 1. The molecule has 21 heavy (non-hydrogen) atoms. The number of rotatable bonds is 4. The van der Waals surface area contributed by atoms with Crippen LogP contribution in [0, 0.1) is 0 Å². The first-order valence-corrected chi connectivity index (χ1v) is 7.54. The van der Waals surface area contributed by atoms with Crippen molar-refractivity contribution in [2.45, 2.75) is 6.54 Å². The van der Waals surface area contributed by atoms with Crippen LogP contribution in [-0.2, 0) is 6.54 Å². The second-order valence-electron chi connectivity index (χ2n) is 5.47. The van der Waals surface area contributed by atoms with Crippen LogP contribution in [0.25, 0.3) is 0 Å². The van der Waals surface area contributed by atoms with E-state index in [1.807, 2.05) is 24.4 Å². The fraction of sp³-hybridized carbons (Fsp3) is 0.353. The molecule has 2 aromatic rings. The molecule has 1 aliphatic heterocycles. The van der Waals surface area contributed by atoms with Crippen molar-refractivity contribution < 1.29 is 14.6 Å². The van der Waals surface area contributed by atoms with E-state index in [0.717, 1.165) is 38.5 Å². The molecule has 110 valence electrons. The Kier molecular flexibility index (Phi) is 4.36. The number of nitrogens with zero attached hydrogens (tertiary/aromatic N) is 1. The zero-order valence-corrected chi connectivity index (χ0v) is 12.5. The lowest BCUT2D eigenvalue weighted by Crippen LogP contribution is -3.13.